The zero-order valence-corrected chi connectivity index (χ0v) is 11.7. The summed E-state index contributed by atoms with van der Waals surface area (Å²) in [6.45, 7) is 1.81. The van der Waals surface area contributed by atoms with E-state index in [0.29, 0.717) is 39.0 Å². The molecule has 20 heavy (non-hydrogen) atoms. The van der Waals surface area contributed by atoms with Gasteiger partial charge in [0, 0.05) is 26.0 Å². The molecule has 1 aromatic carbocycles. The maximum Gasteiger partial charge on any atom is 0.229 e. The zero-order chi connectivity index (χ0) is 14.2. The van der Waals surface area contributed by atoms with Gasteiger partial charge in [0.25, 0.3) is 0 Å². The Morgan fingerprint density at radius 1 is 1.00 bits per heavy atom. The largest absolute Gasteiger partial charge is 0.377 e. The average molecular weight is 275 g/mol. The molecule has 1 aliphatic heterocycles. The third kappa shape index (κ3) is 4.46. The lowest BCUT2D eigenvalue weighted by Crippen LogP contribution is -2.40. The van der Waals surface area contributed by atoms with E-state index in [-0.39, 0.29) is 11.8 Å². The molecule has 4 heteroatoms. The minimum atomic E-state index is -0.0218. The molecule has 1 aromatic rings. The highest BCUT2D eigenvalue weighted by Crippen LogP contribution is 2.13. The Balaban J connectivity index is 1.57. The Hall–Kier alpha value is -1.68. The summed E-state index contributed by atoms with van der Waals surface area (Å²) in [5, 5.41) is 0. The van der Waals surface area contributed by atoms with Gasteiger partial charge in [-0.1, -0.05) is 30.3 Å². The molecule has 0 atom stereocenters. The minimum absolute atomic E-state index is 0.0218. The monoisotopic (exact) mass is 275 g/mol. The molecule has 0 aliphatic carbocycles. The zero-order valence-electron chi connectivity index (χ0n) is 11.7. The molecular weight excluding hydrogens is 254 g/mol. The summed E-state index contributed by atoms with van der Waals surface area (Å²) in [6, 6.07) is 10.0. The van der Waals surface area contributed by atoms with Crippen LogP contribution in [0, 0.1) is 0 Å². The van der Waals surface area contributed by atoms with E-state index >= 15 is 0 Å². The van der Waals surface area contributed by atoms with Gasteiger partial charge in [0.1, 0.15) is 0 Å². The van der Waals surface area contributed by atoms with Crippen LogP contribution in [0.2, 0.25) is 0 Å². The maximum atomic E-state index is 11.6. The predicted molar refractivity (Wildman–Crippen MR) is 75.9 cm³/mol. The molecule has 0 radical (unpaired) electrons. The summed E-state index contributed by atoms with van der Waals surface area (Å²) in [5.74, 6) is -0.0436. The van der Waals surface area contributed by atoms with Crippen LogP contribution in [0.3, 0.4) is 0 Å². The third-order valence-corrected chi connectivity index (χ3v) is 3.42. The van der Waals surface area contributed by atoms with Crippen molar-refractivity contribution in [1.82, 2.24) is 4.90 Å². The molecule has 2 rings (SSSR count). The summed E-state index contributed by atoms with van der Waals surface area (Å²) in [6.07, 6.45) is 3.40. The highest BCUT2D eigenvalue weighted by atomic mass is 16.5. The van der Waals surface area contributed by atoms with Crippen LogP contribution in [0.25, 0.3) is 0 Å². The second kappa shape index (κ2) is 7.80. The lowest BCUT2D eigenvalue weighted by molar-refractivity contribution is -0.148. The van der Waals surface area contributed by atoms with E-state index in [1.165, 1.54) is 4.90 Å². The SMILES string of the molecule is O=C1CCCC(=O)N1CCCCOCc1ccccc1. The van der Waals surface area contributed by atoms with E-state index in [4.69, 9.17) is 4.74 Å². The van der Waals surface area contributed by atoms with Crippen LogP contribution in [0.5, 0.6) is 0 Å². The Labute approximate surface area is 119 Å². The molecule has 108 valence electrons. The van der Waals surface area contributed by atoms with Crippen molar-refractivity contribution >= 4 is 11.8 Å². The van der Waals surface area contributed by atoms with E-state index < -0.39 is 0 Å². The van der Waals surface area contributed by atoms with Crippen LogP contribution in [0.1, 0.15) is 37.7 Å². The minimum Gasteiger partial charge on any atom is -0.377 e. The lowest BCUT2D eigenvalue weighted by atomic mass is 10.1. The molecule has 0 spiro atoms. The van der Waals surface area contributed by atoms with Crippen LogP contribution >= 0.6 is 0 Å². The van der Waals surface area contributed by atoms with Gasteiger partial charge < -0.3 is 4.74 Å². The second-order valence-electron chi connectivity index (χ2n) is 5.04. The first-order valence-electron chi connectivity index (χ1n) is 7.22. The van der Waals surface area contributed by atoms with Crippen molar-refractivity contribution in [3.63, 3.8) is 0 Å². The van der Waals surface area contributed by atoms with Crippen LogP contribution < -0.4 is 0 Å². The molecule has 0 N–H and O–H groups in total. The smallest absolute Gasteiger partial charge is 0.229 e. The Bertz CT molecular complexity index is 428. The topological polar surface area (TPSA) is 46.6 Å². The van der Waals surface area contributed by atoms with Crippen molar-refractivity contribution in [3.8, 4) is 0 Å². The molecule has 1 fully saturated rings. The Morgan fingerprint density at radius 3 is 2.40 bits per heavy atom. The number of rotatable bonds is 7. The first-order chi connectivity index (χ1) is 9.77. The van der Waals surface area contributed by atoms with Gasteiger partial charge in [-0.15, -0.1) is 0 Å². The van der Waals surface area contributed by atoms with Crippen molar-refractivity contribution in [2.24, 2.45) is 0 Å². The fraction of sp³-hybridized carbons (Fsp3) is 0.500. The number of carbonyl (C=O) groups is 2. The summed E-state index contributed by atoms with van der Waals surface area (Å²) in [5.41, 5.74) is 1.16. The van der Waals surface area contributed by atoms with Gasteiger partial charge in [0.15, 0.2) is 0 Å². The van der Waals surface area contributed by atoms with E-state index in [9.17, 15) is 9.59 Å². The van der Waals surface area contributed by atoms with Crippen molar-refractivity contribution < 1.29 is 14.3 Å². The first-order valence-corrected chi connectivity index (χ1v) is 7.22. The average Bonchev–Trinajstić information content (AvgIpc) is 2.46. The van der Waals surface area contributed by atoms with Gasteiger partial charge in [-0.25, -0.2) is 0 Å². The van der Waals surface area contributed by atoms with Crippen molar-refractivity contribution in [2.75, 3.05) is 13.2 Å². The quantitative estimate of drug-likeness (QED) is 0.567. The lowest BCUT2D eigenvalue weighted by Gasteiger charge is -2.24. The highest BCUT2D eigenvalue weighted by molar-refractivity contribution is 5.97. The number of likely N-dealkylation sites (tertiary alicyclic amines) is 1. The molecule has 1 saturated heterocycles. The summed E-state index contributed by atoms with van der Waals surface area (Å²) >= 11 is 0. The number of nitrogens with zero attached hydrogens (tertiary/aromatic N) is 1. The van der Waals surface area contributed by atoms with Crippen molar-refractivity contribution in [3.05, 3.63) is 35.9 Å². The molecule has 0 aromatic heterocycles. The Kier molecular flexibility index (Phi) is 5.74. The Morgan fingerprint density at radius 2 is 1.70 bits per heavy atom. The molecule has 1 heterocycles. The number of hydrogen-bond donors (Lipinski definition) is 0. The van der Waals surface area contributed by atoms with Gasteiger partial charge in [0.2, 0.25) is 11.8 Å². The summed E-state index contributed by atoms with van der Waals surface area (Å²) in [4.78, 5) is 24.6. The molecular formula is C16H21NO3. The van der Waals surface area contributed by atoms with Crippen molar-refractivity contribution in [1.29, 1.82) is 0 Å². The molecule has 1 aliphatic rings. The number of benzene rings is 1. The van der Waals surface area contributed by atoms with Crippen LogP contribution in [0.15, 0.2) is 30.3 Å². The van der Waals surface area contributed by atoms with Gasteiger partial charge in [-0.05, 0) is 24.8 Å². The number of hydrogen-bond acceptors (Lipinski definition) is 3. The van der Waals surface area contributed by atoms with Crippen LogP contribution in [-0.2, 0) is 20.9 Å². The molecule has 0 unspecified atom stereocenters. The first kappa shape index (κ1) is 14.7. The van der Waals surface area contributed by atoms with Gasteiger partial charge in [-0.3, -0.25) is 14.5 Å². The predicted octanol–water partition coefficient (Wildman–Crippen LogP) is 2.52. The van der Waals surface area contributed by atoms with E-state index in [0.717, 1.165) is 18.4 Å². The molecule has 4 nitrogen and oxygen atoms in total. The summed E-state index contributed by atoms with van der Waals surface area (Å²) in [7, 11) is 0. The number of piperidine rings is 1. The van der Waals surface area contributed by atoms with Crippen LogP contribution in [-0.4, -0.2) is 29.9 Å². The van der Waals surface area contributed by atoms with Crippen molar-refractivity contribution in [2.45, 2.75) is 38.7 Å². The summed E-state index contributed by atoms with van der Waals surface area (Å²) < 4.78 is 5.57. The standard InChI is InChI=1S/C16H21NO3/c18-15-9-6-10-16(19)17(15)11-4-5-12-20-13-14-7-2-1-3-8-14/h1-3,7-8H,4-6,9-13H2. The normalized spacial score (nSPS) is 15.7. The highest BCUT2D eigenvalue weighted by Gasteiger charge is 2.24. The maximum absolute atomic E-state index is 11.6. The molecule has 0 bridgehead atoms. The van der Waals surface area contributed by atoms with E-state index in [2.05, 4.69) is 0 Å². The third-order valence-electron chi connectivity index (χ3n) is 3.42. The van der Waals surface area contributed by atoms with Crippen LogP contribution in [0.4, 0.5) is 0 Å². The van der Waals surface area contributed by atoms with Gasteiger partial charge >= 0.3 is 0 Å². The molecule has 0 saturated carbocycles. The number of carbonyl (C=O) groups excluding carboxylic acids is 2. The number of ether oxygens (including phenoxy) is 1. The number of unbranched alkanes of at least 4 members (excludes halogenated alkanes) is 1. The number of amides is 2. The van der Waals surface area contributed by atoms with Gasteiger partial charge in [0.05, 0.1) is 6.61 Å². The second-order valence-corrected chi connectivity index (χ2v) is 5.04. The van der Waals surface area contributed by atoms with E-state index in [1.807, 2.05) is 30.3 Å². The molecule has 2 amide bonds. The van der Waals surface area contributed by atoms with Gasteiger partial charge in [-0.2, -0.15) is 0 Å². The fourth-order valence-electron chi connectivity index (χ4n) is 2.29. The van der Waals surface area contributed by atoms with E-state index in [1.54, 1.807) is 0 Å². The number of imide groups is 1. The fourth-order valence-corrected chi connectivity index (χ4v) is 2.29.